The smallest absolute Gasteiger partial charge is 0.404 e. The van der Waals surface area contributed by atoms with Crippen molar-refractivity contribution < 1.29 is 18.0 Å². The van der Waals surface area contributed by atoms with Crippen molar-refractivity contribution in [2.24, 2.45) is 16.5 Å². The summed E-state index contributed by atoms with van der Waals surface area (Å²) < 4.78 is 37.8. The zero-order valence-electron chi connectivity index (χ0n) is 10.8. The molecular weight excluding hydrogens is 285 g/mol. The fraction of sp³-hybridized carbons (Fsp3) is 0.0769. The second-order valence-electron chi connectivity index (χ2n) is 3.82. The summed E-state index contributed by atoms with van der Waals surface area (Å²) in [7, 11) is 0. The van der Waals surface area contributed by atoms with Crippen molar-refractivity contribution in [3.05, 3.63) is 48.7 Å². The van der Waals surface area contributed by atoms with Crippen LogP contribution in [-0.4, -0.2) is 17.9 Å². The van der Waals surface area contributed by atoms with Gasteiger partial charge >= 0.3 is 6.18 Å². The normalized spacial score (nSPS) is 12.9. The number of hydrogen-bond donors (Lipinski definition) is 3. The van der Waals surface area contributed by atoms with Gasteiger partial charge in [-0.2, -0.15) is 13.2 Å². The molecule has 5 nitrogen and oxygen atoms in total. The highest BCUT2D eigenvalue weighted by Crippen LogP contribution is 2.26. The third-order valence-electron chi connectivity index (χ3n) is 2.30. The first-order valence-corrected chi connectivity index (χ1v) is 5.65. The van der Waals surface area contributed by atoms with Gasteiger partial charge < -0.3 is 16.8 Å². The van der Waals surface area contributed by atoms with Gasteiger partial charge in [0.2, 0.25) is 5.91 Å². The van der Waals surface area contributed by atoms with Crippen molar-refractivity contribution >= 4 is 23.1 Å². The van der Waals surface area contributed by atoms with Crippen LogP contribution in [0.1, 0.15) is 0 Å². The fourth-order valence-corrected chi connectivity index (χ4v) is 1.37. The quantitative estimate of drug-likeness (QED) is 0.452. The van der Waals surface area contributed by atoms with Crippen molar-refractivity contribution in [1.82, 2.24) is 0 Å². The van der Waals surface area contributed by atoms with E-state index in [1.807, 2.05) is 0 Å². The first-order chi connectivity index (χ1) is 9.77. The Labute approximate surface area is 118 Å². The molecule has 0 bridgehead atoms. The van der Waals surface area contributed by atoms with Crippen LogP contribution < -0.4 is 16.8 Å². The SMILES string of the molecule is C=CC(=O)Nc1cccc(N=C(N)C(=CN)C(F)(F)F)c1. The van der Waals surface area contributed by atoms with Gasteiger partial charge in [0, 0.05) is 11.9 Å². The molecule has 0 radical (unpaired) electrons. The van der Waals surface area contributed by atoms with E-state index in [4.69, 9.17) is 11.5 Å². The Morgan fingerprint density at radius 1 is 1.38 bits per heavy atom. The first-order valence-electron chi connectivity index (χ1n) is 5.65. The van der Waals surface area contributed by atoms with E-state index in [1.54, 1.807) is 6.07 Å². The molecule has 0 aromatic heterocycles. The lowest BCUT2D eigenvalue weighted by molar-refractivity contribution is -0.111. The van der Waals surface area contributed by atoms with E-state index in [0.29, 0.717) is 11.9 Å². The summed E-state index contributed by atoms with van der Waals surface area (Å²) in [4.78, 5) is 14.8. The molecule has 0 heterocycles. The number of anilines is 1. The van der Waals surface area contributed by atoms with Crippen molar-refractivity contribution in [3.8, 4) is 0 Å². The zero-order valence-corrected chi connectivity index (χ0v) is 10.8. The van der Waals surface area contributed by atoms with Crippen LogP contribution in [0, 0.1) is 0 Å². The average Bonchev–Trinajstić information content (AvgIpc) is 2.37. The number of halogens is 3. The largest absolute Gasteiger partial charge is 0.421 e. The molecule has 0 unspecified atom stereocenters. The molecule has 8 heteroatoms. The highest BCUT2D eigenvalue weighted by molar-refractivity contribution is 6.00. The van der Waals surface area contributed by atoms with Crippen LogP contribution in [0.15, 0.2) is 53.7 Å². The average molecular weight is 298 g/mol. The van der Waals surface area contributed by atoms with E-state index >= 15 is 0 Å². The van der Waals surface area contributed by atoms with Gasteiger partial charge in [0.1, 0.15) is 11.4 Å². The van der Waals surface area contributed by atoms with Gasteiger partial charge in [-0.15, -0.1) is 0 Å². The summed E-state index contributed by atoms with van der Waals surface area (Å²) in [6.07, 6.45) is -3.29. The van der Waals surface area contributed by atoms with Gasteiger partial charge in [-0.3, -0.25) is 4.79 Å². The van der Waals surface area contributed by atoms with Crippen LogP contribution >= 0.6 is 0 Å². The molecule has 0 aliphatic rings. The third-order valence-corrected chi connectivity index (χ3v) is 2.30. The van der Waals surface area contributed by atoms with Crippen molar-refractivity contribution in [1.29, 1.82) is 0 Å². The zero-order chi connectivity index (χ0) is 16.0. The maximum atomic E-state index is 12.6. The standard InChI is InChI=1S/C13H13F3N4O/c1-2-11(21)19-8-4-3-5-9(6-8)20-12(18)10(7-17)13(14,15)16/h2-7H,1,17H2,(H2,18,20)(H,19,21). The molecule has 0 aliphatic carbocycles. The van der Waals surface area contributed by atoms with Crippen molar-refractivity contribution in [2.45, 2.75) is 6.18 Å². The Bertz CT molecular complexity index is 606. The molecule has 1 rings (SSSR count). The lowest BCUT2D eigenvalue weighted by Gasteiger charge is -2.10. The van der Waals surface area contributed by atoms with E-state index < -0.39 is 23.5 Å². The predicted octanol–water partition coefficient (Wildman–Crippen LogP) is 2.20. The van der Waals surface area contributed by atoms with Gasteiger partial charge in [-0.05, 0) is 24.3 Å². The summed E-state index contributed by atoms with van der Waals surface area (Å²) in [6.45, 7) is 3.28. The number of rotatable bonds is 4. The number of nitrogens with one attached hydrogen (secondary N) is 1. The topological polar surface area (TPSA) is 93.5 Å². The van der Waals surface area contributed by atoms with Crippen LogP contribution in [0.3, 0.4) is 0 Å². The minimum Gasteiger partial charge on any atom is -0.404 e. The number of carbonyl (C=O) groups excluding carboxylic acids is 1. The van der Waals surface area contributed by atoms with Gasteiger partial charge in [0.05, 0.1) is 5.69 Å². The lowest BCUT2D eigenvalue weighted by Crippen LogP contribution is -2.27. The highest BCUT2D eigenvalue weighted by Gasteiger charge is 2.36. The molecule has 1 aromatic rings. The molecule has 5 N–H and O–H groups in total. The minimum atomic E-state index is -4.70. The van der Waals surface area contributed by atoms with Gasteiger partial charge in [-0.25, -0.2) is 4.99 Å². The highest BCUT2D eigenvalue weighted by atomic mass is 19.4. The number of aliphatic imine (C=N–C) groups is 1. The lowest BCUT2D eigenvalue weighted by atomic mass is 10.2. The Morgan fingerprint density at radius 2 is 2.05 bits per heavy atom. The molecule has 0 aliphatic heterocycles. The van der Waals surface area contributed by atoms with Gasteiger partial charge in [0.25, 0.3) is 0 Å². The van der Waals surface area contributed by atoms with Crippen LogP contribution in [0.5, 0.6) is 0 Å². The van der Waals surface area contributed by atoms with Crippen molar-refractivity contribution in [2.75, 3.05) is 5.32 Å². The first kappa shape index (κ1) is 16.3. The van der Waals surface area contributed by atoms with Crippen LogP contribution in [0.2, 0.25) is 0 Å². The van der Waals surface area contributed by atoms with E-state index in [9.17, 15) is 18.0 Å². The van der Waals surface area contributed by atoms with E-state index in [0.717, 1.165) is 6.08 Å². The number of amidine groups is 1. The molecule has 0 spiro atoms. The number of nitrogens with two attached hydrogens (primary N) is 2. The number of benzene rings is 1. The molecular formula is C13H13F3N4O. The number of hydrogen-bond acceptors (Lipinski definition) is 3. The second-order valence-corrected chi connectivity index (χ2v) is 3.82. The van der Waals surface area contributed by atoms with Gasteiger partial charge in [-0.1, -0.05) is 12.6 Å². The number of nitrogens with zero attached hydrogens (tertiary/aromatic N) is 1. The summed E-state index contributed by atoms with van der Waals surface area (Å²) in [5, 5.41) is 2.45. The third kappa shape index (κ3) is 4.68. The summed E-state index contributed by atoms with van der Waals surface area (Å²) in [5.41, 5.74) is 9.47. The summed E-state index contributed by atoms with van der Waals surface area (Å²) >= 11 is 0. The Kier molecular flexibility index (Phi) is 5.12. The Balaban J connectivity index is 3.06. The molecule has 112 valence electrons. The summed E-state index contributed by atoms with van der Waals surface area (Å²) in [5.74, 6) is -1.22. The minimum absolute atomic E-state index is 0.137. The van der Waals surface area contributed by atoms with Gasteiger partial charge in [0.15, 0.2) is 0 Å². The van der Waals surface area contributed by atoms with Crippen LogP contribution in [-0.2, 0) is 4.79 Å². The molecule has 1 amide bonds. The Morgan fingerprint density at radius 3 is 2.57 bits per heavy atom. The molecule has 21 heavy (non-hydrogen) atoms. The molecule has 1 aromatic carbocycles. The maximum absolute atomic E-state index is 12.6. The molecule has 0 atom stereocenters. The molecule has 0 fully saturated rings. The van der Waals surface area contributed by atoms with E-state index in [2.05, 4.69) is 16.9 Å². The maximum Gasteiger partial charge on any atom is 0.421 e. The second kappa shape index (κ2) is 6.60. The van der Waals surface area contributed by atoms with Crippen molar-refractivity contribution in [3.63, 3.8) is 0 Å². The van der Waals surface area contributed by atoms with Crippen LogP contribution in [0.25, 0.3) is 0 Å². The number of alkyl halides is 3. The van der Waals surface area contributed by atoms with E-state index in [1.165, 1.54) is 18.2 Å². The molecule has 0 saturated heterocycles. The predicted molar refractivity (Wildman–Crippen MR) is 74.9 cm³/mol. The van der Waals surface area contributed by atoms with Crippen LogP contribution in [0.4, 0.5) is 24.5 Å². The monoisotopic (exact) mass is 298 g/mol. The summed E-state index contributed by atoms with van der Waals surface area (Å²) in [6, 6.07) is 5.84. The van der Waals surface area contributed by atoms with E-state index in [-0.39, 0.29) is 5.69 Å². The fourth-order valence-electron chi connectivity index (χ4n) is 1.37. The molecule has 0 saturated carbocycles. The Hall–Kier alpha value is -2.77. The number of amides is 1. The number of carbonyl (C=O) groups is 1.